The molecule has 55 valence electrons. The van der Waals surface area contributed by atoms with Crippen molar-refractivity contribution in [3.05, 3.63) is 0 Å². The molecule has 0 bridgehead atoms. The SMILES string of the molecule is C[Si](C)CC[Si](C)(C)Cl. The molecule has 0 unspecified atom stereocenters. The Balaban J connectivity index is 3.28. The second-order valence-corrected chi connectivity index (χ2v) is 13.3. The first-order valence-corrected chi connectivity index (χ1v) is 10.3. The summed E-state index contributed by atoms with van der Waals surface area (Å²) in [4.78, 5) is 0. The summed E-state index contributed by atoms with van der Waals surface area (Å²) in [6, 6.07) is 2.70. The first kappa shape index (κ1) is 9.72. The van der Waals surface area contributed by atoms with Crippen LogP contribution in [0.2, 0.25) is 38.3 Å². The zero-order valence-corrected chi connectivity index (χ0v) is 9.55. The van der Waals surface area contributed by atoms with Gasteiger partial charge in [0, 0.05) is 8.80 Å². The minimum Gasteiger partial charge on any atom is -0.168 e. The summed E-state index contributed by atoms with van der Waals surface area (Å²) in [5.74, 6) is 0. The van der Waals surface area contributed by atoms with E-state index in [1.165, 1.54) is 12.1 Å². The lowest BCUT2D eigenvalue weighted by molar-refractivity contribution is 1.34. The van der Waals surface area contributed by atoms with E-state index in [0.29, 0.717) is 0 Å². The maximum atomic E-state index is 6.13. The molecule has 0 aliphatic carbocycles. The van der Waals surface area contributed by atoms with Gasteiger partial charge in [-0.3, -0.25) is 0 Å². The first-order chi connectivity index (χ1) is 3.92. The Hall–Kier alpha value is 0.724. The molecule has 0 fully saturated rings. The highest BCUT2D eigenvalue weighted by Crippen LogP contribution is 2.17. The topological polar surface area (TPSA) is 0 Å². The van der Waals surface area contributed by atoms with Gasteiger partial charge in [0.1, 0.15) is 7.38 Å². The van der Waals surface area contributed by atoms with Crippen molar-refractivity contribution in [1.82, 2.24) is 0 Å². The summed E-state index contributed by atoms with van der Waals surface area (Å²) in [6.07, 6.45) is 0. The molecule has 0 heterocycles. The lowest BCUT2D eigenvalue weighted by Gasteiger charge is -2.12. The molecule has 0 nitrogen and oxygen atoms in total. The molecule has 0 aromatic rings. The number of hydrogen-bond acceptors (Lipinski definition) is 0. The summed E-state index contributed by atoms with van der Waals surface area (Å²) in [5, 5.41) is 0. The van der Waals surface area contributed by atoms with Crippen molar-refractivity contribution in [2.24, 2.45) is 0 Å². The van der Waals surface area contributed by atoms with E-state index in [4.69, 9.17) is 11.1 Å². The molecular formula is C6H16ClSi2. The Morgan fingerprint density at radius 1 is 1.33 bits per heavy atom. The Morgan fingerprint density at radius 2 is 1.78 bits per heavy atom. The summed E-state index contributed by atoms with van der Waals surface area (Å²) in [5.41, 5.74) is 0. The van der Waals surface area contributed by atoms with Crippen molar-refractivity contribution >= 4 is 27.3 Å². The first-order valence-electron chi connectivity index (χ1n) is 3.40. The number of hydrogen-bond donors (Lipinski definition) is 0. The Kier molecular flexibility index (Phi) is 4.09. The van der Waals surface area contributed by atoms with E-state index in [9.17, 15) is 0 Å². The quantitative estimate of drug-likeness (QED) is 0.461. The van der Waals surface area contributed by atoms with Gasteiger partial charge < -0.3 is 0 Å². The van der Waals surface area contributed by atoms with Gasteiger partial charge in [-0.1, -0.05) is 32.2 Å². The fourth-order valence-corrected chi connectivity index (χ4v) is 5.78. The van der Waals surface area contributed by atoms with E-state index in [0.717, 1.165) is 0 Å². The lowest BCUT2D eigenvalue weighted by atomic mass is 10.9. The van der Waals surface area contributed by atoms with Gasteiger partial charge in [-0.2, -0.15) is 11.1 Å². The van der Waals surface area contributed by atoms with Crippen LogP contribution in [0.3, 0.4) is 0 Å². The van der Waals surface area contributed by atoms with Crippen LogP contribution in [0, 0.1) is 0 Å². The van der Waals surface area contributed by atoms with Crippen molar-refractivity contribution in [3.8, 4) is 0 Å². The van der Waals surface area contributed by atoms with Crippen LogP contribution in [0.25, 0.3) is 0 Å². The van der Waals surface area contributed by atoms with E-state index in [1.54, 1.807) is 0 Å². The van der Waals surface area contributed by atoms with Crippen molar-refractivity contribution in [3.63, 3.8) is 0 Å². The molecule has 0 aliphatic heterocycles. The minimum absolute atomic E-state index is 0.0173. The molecule has 0 aromatic carbocycles. The molecule has 0 spiro atoms. The summed E-state index contributed by atoms with van der Waals surface area (Å²) < 4.78 is 0. The van der Waals surface area contributed by atoms with Gasteiger partial charge in [-0.15, -0.1) is 0 Å². The van der Waals surface area contributed by atoms with Gasteiger partial charge >= 0.3 is 0 Å². The van der Waals surface area contributed by atoms with Crippen LogP contribution in [0.1, 0.15) is 0 Å². The number of halogens is 1. The molecule has 0 aliphatic rings. The van der Waals surface area contributed by atoms with Gasteiger partial charge in [0.25, 0.3) is 0 Å². The maximum absolute atomic E-state index is 6.13. The van der Waals surface area contributed by atoms with Crippen LogP contribution in [-0.4, -0.2) is 16.2 Å². The average Bonchev–Trinajstić information content (AvgIpc) is 1.59. The van der Waals surface area contributed by atoms with E-state index < -0.39 is 7.38 Å². The fourth-order valence-electron chi connectivity index (χ4n) is 0.547. The molecule has 0 atom stereocenters. The Labute approximate surface area is 65.9 Å². The predicted molar refractivity (Wildman–Crippen MR) is 50.4 cm³/mol. The third-order valence-electron chi connectivity index (χ3n) is 1.22. The third kappa shape index (κ3) is 8.72. The largest absolute Gasteiger partial charge is 0.168 e. The van der Waals surface area contributed by atoms with E-state index in [1.807, 2.05) is 0 Å². The van der Waals surface area contributed by atoms with E-state index >= 15 is 0 Å². The summed E-state index contributed by atoms with van der Waals surface area (Å²) in [7, 11) is -1.24. The monoisotopic (exact) mass is 179 g/mol. The van der Waals surface area contributed by atoms with Crippen molar-refractivity contribution in [2.45, 2.75) is 38.3 Å². The molecule has 1 radical (unpaired) electrons. The smallest absolute Gasteiger partial charge is 0.150 e. The molecule has 0 rings (SSSR count). The average molecular weight is 180 g/mol. The molecule has 9 heavy (non-hydrogen) atoms. The highest BCUT2D eigenvalue weighted by atomic mass is 35.6. The van der Waals surface area contributed by atoms with Gasteiger partial charge in [-0.05, 0) is 6.04 Å². The third-order valence-corrected chi connectivity index (χ3v) is 4.98. The minimum atomic E-state index is -1.22. The second kappa shape index (κ2) is 3.79. The molecule has 3 heteroatoms. The Morgan fingerprint density at radius 3 is 1.89 bits per heavy atom. The molecule has 0 saturated carbocycles. The molecule has 0 aromatic heterocycles. The van der Waals surface area contributed by atoms with E-state index in [2.05, 4.69) is 26.2 Å². The number of rotatable bonds is 3. The van der Waals surface area contributed by atoms with Gasteiger partial charge in [0.15, 0.2) is 0 Å². The van der Waals surface area contributed by atoms with Crippen LogP contribution in [-0.2, 0) is 0 Å². The van der Waals surface area contributed by atoms with E-state index in [-0.39, 0.29) is 8.80 Å². The zero-order valence-electron chi connectivity index (χ0n) is 6.79. The lowest BCUT2D eigenvalue weighted by Crippen LogP contribution is -2.17. The van der Waals surface area contributed by atoms with Crippen LogP contribution in [0.15, 0.2) is 0 Å². The highest BCUT2D eigenvalue weighted by molar-refractivity contribution is 7.19. The Bertz CT molecular complexity index is 75.6. The van der Waals surface area contributed by atoms with Crippen LogP contribution in [0.4, 0.5) is 0 Å². The van der Waals surface area contributed by atoms with Crippen LogP contribution in [0.5, 0.6) is 0 Å². The molecule has 0 N–H and O–H groups in total. The van der Waals surface area contributed by atoms with Crippen LogP contribution < -0.4 is 0 Å². The second-order valence-electron chi connectivity index (χ2n) is 3.43. The molecule has 0 saturated heterocycles. The molecule has 0 amide bonds. The zero-order chi connectivity index (χ0) is 7.49. The van der Waals surface area contributed by atoms with Gasteiger partial charge in [0.05, 0.1) is 0 Å². The normalized spacial score (nSPS) is 12.7. The highest BCUT2D eigenvalue weighted by Gasteiger charge is 2.16. The predicted octanol–water partition coefficient (Wildman–Crippen LogP) is 3.18. The van der Waals surface area contributed by atoms with Gasteiger partial charge in [0.2, 0.25) is 0 Å². The standard InChI is InChI=1S/C6H16ClSi2/c1-8(2)5-6-9(3,4)7/h5-6H2,1-4H3. The fraction of sp³-hybridized carbons (Fsp3) is 1.00. The van der Waals surface area contributed by atoms with Crippen LogP contribution >= 0.6 is 11.1 Å². The summed E-state index contributed by atoms with van der Waals surface area (Å²) in [6.45, 7) is 9.14. The van der Waals surface area contributed by atoms with Crippen molar-refractivity contribution in [2.75, 3.05) is 0 Å². The molecular weight excluding hydrogens is 164 g/mol. The van der Waals surface area contributed by atoms with Crippen molar-refractivity contribution < 1.29 is 0 Å². The maximum Gasteiger partial charge on any atom is 0.150 e. The summed E-state index contributed by atoms with van der Waals surface area (Å²) >= 11 is 6.13. The van der Waals surface area contributed by atoms with Crippen molar-refractivity contribution in [1.29, 1.82) is 0 Å². The van der Waals surface area contributed by atoms with Gasteiger partial charge in [-0.25, -0.2) is 0 Å².